The third kappa shape index (κ3) is 6.28. The molecule has 1 aliphatic rings. The number of benzene rings is 2. The fraction of sp³-hybridized carbons (Fsp3) is 0.391. The van der Waals surface area contributed by atoms with E-state index in [2.05, 4.69) is 25.4 Å². The lowest BCUT2D eigenvalue weighted by Crippen LogP contribution is -2.52. The van der Waals surface area contributed by atoms with Crippen LogP contribution in [0.3, 0.4) is 0 Å². The van der Waals surface area contributed by atoms with Crippen LogP contribution in [0.25, 0.3) is 0 Å². The zero-order valence-corrected chi connectivity index (χ0v) is 18.2. The molecular formula is C23H31N5O3. The average molecular weight is 426 g/mol. The summed E-state index contributed by atoms with van der Waals surface area (Å²) in [6.07, 6.45) is 0. The van der Waals surface area contributed by atoms with Crippen molar-refractivity contribution in [3.63, 3.8) is 0 Å². The zero-order chi connectivity index (χ0) is 22.1. The van der Waals surface area contributed by atoms with Crippen LogP contribution in [-0.4, -0.2) is 68.3 Å². The molecule has 2 aromatic carbocycles. The van der Waals surface area contributed by atoms with Crippen LogP contribution in [0.2, 0.25) is 0 Å². The lowest BCUT2D eigenvalue weighted by atomic mass is 10.2. The van der Waals surface area contributed by atoms with Gasteiger partial charge >= 0.3 is 0 Å². The molecule has 0 bridgehead atoms. The number of nitrogens with zero attached hydrogens (tertiary/aromatic N) is 3. The Labute approximate surface area is 183 Å². The molecule has 0 atom stereocenters. The predicted octanol–water partition coefficient (Wildman–Crippen LogP) is 1.80. The van der Waals surface area contributed by atoms with Crippen LogP contribution in [-0.2, 0) is 11.3 Å². The summed E-state index contributed by atoms with van der Waals surface area (Å²) in [4.78, 5) is 21.1. The van der Waals surface area contributed by atoms with Crippen molar-refractivity contribution < 1.29 is 14.6 Å². The van der Waals surface area contributed by atoms with E-state index in [1.165, 1.54) is 0 Å². The van der Waals surface area contributed by atoms with E-state index < -0.39 is 0 Å². The number of carbonyl (C=O) groups is 1. The van der Waals surface area contributed by atoms with Crippen LogP contribution in [0.4, 0.5) is 5.69 Å². The Morgan fingerprint density at radius 1 is 1.06 bits per heavy atom. The van der Waals surface area contributed by atoms with Gasteiger partial charge < -0.3 is 30.3 Å². The number of para-hydroxylation sites is 2. The summed E-state index contributed by atoms with van der Waals surface area (Å²) < 4.78 is 5.15. The molecule has 0 aromatic heterocycles. The first-order valence-corrected chi connectivity index (χ1v) is 10.6. The highest BCUT2D eigenvalue weighted by atomic mass is 16.5. The lowest BCUT2D eigenvalue weighted by Gasteiger charge is -2.37. The number of methoxy groups -OCH3 is 1. The van der Waals surface area contributed by atoms with Crippen LogP contribution in [0.5, 0.6) is 11.5 Å². The number of rotatable bonds is 7. The van der Waals surface area contributed by atoms with Crippen LogP contribution in [0.15, 0.2) is 53.5 Å². The van der Waals surface area contributed by atoms with Crippen molar-refractivity contribution in [3.05, 3.63) is 54.1 Å². The van der Waals surface area contributed by atoms with Crippen molar-refractivity contribution in [3.8, 4) is 11.5 Å². The largest absolute Gasteiger partial charge is 0.506 e. The van der Waals surface area contributed by atoms with Gasteiger partial charge in [-0.25, -0.2) is 4.99 Å². The first kappa shape index (κ1) is 22.3. The summed E-state index contributed by atoms with van der Waals surface area (Å²) in [7, 11) is 1.63. The molecule has 1 heterocycles. The molecule has 2 aromatic rings. The van der Waals surface area contributed by atoms with E-state index in [1.807, 2.05) is 49.4 Å². The molecule has 0 aliphatic carbocycles. The average Bonchev–Trinajstić information content (AvgIpc) is 2.81. The van der Waals surface area contributed by atoms with Crippen LogP contribution >= 0.6 is 0 Å². The molecule has 1 fully saturated rings. The number of hydrogen-bond donors (Lipinski definition) is 3. The van der Waals surface area contributed by atoms with Gasteiger partial charge in [0.25, 0.3) is 0 Å². The van der Waals surface area contributed by atoms with Crippen molar-refractivity contribution in [2.24, 2.45) is 4.99 Å². The molecule has 1 aliphatic heterocycles. The van der Waals surface area contributed by atoms with Crippen molar-refractivity contribution in [2.75, 3.05) is 51.3 Å². The monoisotopic (exact) mass is 425 g/mol. The van der Waals surface area contributed by atoms with Gasteiger partial charge in [0.05, 0.1) is 12.8 Å². The van der Waals surface area contributed by atoms with E-state index in [4.69, 9.17) is 4.74 Å². The summed E-state index contributed by atoms with van der Waals surface area (Å²) in [6.45, 7) is 6.31. The van der Waals surface area contributed by atoms with Gasteiger partial charge in [0.2, 0.25) is 5.91 Å². The Hall–Kier alpha value is -3.42. The number of aliphatic imine (C=N–C) groups is 1. The summed E-state index contributed by atoms with van der Waals surface area (Å²) in [6, 6.07) is 15.0. The van der Waals surface area contributed by atoms with E-state index in [0.29, 0.717) is 12.3 Å². The number of nitrogens with one attached hydrogen (secondary N) is 2. The number of hydrogen-bond acceptors (Lipinski definition) is 5. The number of carbonyl (C=O) groups excluding carboxylic acids is 1. The molecule has 1 amide bonds. The number of anilines is 1. The van der Waals surface area contributed by atoms with Gasteiger partial charge in [-0.3, -0.25) is 4.79 Å². The third-order valence-corrected chi connectivity index (χ3v) is 5.16. The second-order valence-electron chi connectivity index (χ2n) is 7.26. The molecule has 0 spiro atoms. The first-order chi connectivity index (χ1) is 15.1. The fourth-order valence-corrected chi connectivity index (χ4v) is 3.46. The fourth-order valence-electron chi connectivity index (χ4n) is 3.46. The van der Waals surface area contributed by atoms with Gasteiger partial charge in [0, 0.05) is 39.3 Å². The predicted molar refractivity (Wildman–Crippen MR) is 123 cm³/mol. The molecular weight excluding hydrogens is 394 g/mol. The molecule has 1 saturated heterocycles. The lowest BCUT2D eigenvalue weighted by molar-refractivity contribution is -0.119. The standard InChI is InChI=1S/C23H31N5O3/c1-3-24-23(26-17-22(30)25-16-18-8-10-19(31-2)11-9-18)28-14-12-27(13-15-28)20-6-4-5-7-21(20)29/h4-11,29H,3,12-17H2,1-2H3,(H,24,26)(H,25,30). The van der Waals surface area contributed by atoms with E-state index in [1.54, 1.807) is 13.2 Å². The first-order valence-electron chi connectivity index (χ1n) is 10.6. The van der Waals surface area contributed by atoms with Crippen molar-refractivity contribution >= 4 is 17.6 Å². The highest BCUT2D eigenvalue weighted by Gasteiger charge is 2.21. The Bertz CT molecular complexity index is 877. The van der Waals surface area contributed by atoms with E-state index >= 15 is 0 Å². The molecule has 3 rings (SSSR count). The van der Waals surface area contributed by atoms with Gasteiger partial charge in [-0.15, -0.1) is 0 Å². The molecule has 8 heteroatoms. The minimum Gasteiger partial charge on any atom is -0.506 e. The van der Waals surface area contributed by atoms with Gasteiger partial charge in [0.15, 0.2) is 5.96 Å². The highest BCUT2D eigenvalue weighted by Crippen LogP contribution is 2.27. The minimum absolute atomic E-state index is 0.0676. The van der Waals surface area contributed by atoms with Gasteiger partial charge in [-0.05, 0) is 36.8 Å². The maximum atomic E-state index is 12.3. The highest BCUT2D eigenvalue weighted by molar-refractivity contribution is 5.85. The molecule has 3 N–H and O–H groups in total. The number of aromatic hydroxyl groups is 1. The number of phenols is 1. The molecule has 0 radical (unpaired) electrons. The second kappa shape index (κ2) is 11.1. The normalized spacial score (nSPS) is 14.3. The van der Waals surface area contributed by atoms with Crippen molar-refractivity contribution in [1.29, 1.82) is 0 Å². The number of guanidine groups is 1. The summed E-state index contributed by atoms with van der Waals surface area (Å²) in [5, 5.41) is 16.3. The molecule has 31 heavy (non-hydrogen) atoms. The second-order valence-corrected chi connectivity index (χ2v) is 7.26. The number of phenolic OH excluding ortho intramolecular Hbond substituents is 1. The van der Waals surface area contributed by atoms with Gasteiger partial charge in [-0.2, -0.15) is 0 Å². The van der Waals surface area contributed by atoms with E-state index in [0.717, 1.165) is 55.7 Å². The number of piperazine rings is 1. The molecule has 0 saturated carbocycles. The summed E-state index contributed by atoms with van der Waals surface area (Å²) >= 11 is 0. The summed E-state index contributed by atoms with van der Waals surface area (Å²) in [5.41, 5.74) is 1.85. The quantitative estimate of drug-likeness (QED) is 0.463. The Morgan fingerprint density at radius 3 is 2.42 bits per heavy atom. The number of amides is 1. The maximum Gasteiger partial charge on any atom is 0.242 e. The topological polar surface area (TPSA) is 89.4 Å². The number of ether oxygens (including phenoxy) is 1. The SMILES string of the molecule is CCNC(=NCC(=O)NCc1ccc(OC)cc1)N1CCN(c2ccccc2O)CC1. The van der Waals surface area contributed by atoms with Crippen molar-refractivity contribution in [1.82, 2.24) is 15.5 Å². The van der Waals surface area contributed by atoms with Crippen LogP contribution in [0, 0.1) is 0 Å². The van der Waals surface area contributed by atoms with Crippen LogP contribution < -0.4 is 20.3 Å². The molecule has 166 valence electrons. The Kier molecular flexibility index (Phi) is 7.98. The third-order valence-electron chi connectivity index (χ3n) is 5.16. The maximum absolute atomic E-state index is 12.3. The molecule has 8 nitrogen and oxygen atoms in total. The smallest absolute Gasteiger partial charge is 0.242 e. The minimum atomic E-state index is -0.126. The van der Waals surface area contributed by atoms with Crippen molar-refractivity contribution in [2.45, 2.75) is 13.5 Å². The van der Waals surface area contributed by atoms with E-state index in [-0.39, 0.29) is 12.5 Å². The Balaban J connectivity index is 1.51. The molecule has 0 unspecified atom stereocenters. The van der Waals surface area contributed by atoms with E-state index in [9.17, 15) is 9.90 Å². The van der Waals surface area contributed by atoms with Crippen LogP contribution in [0.1, 0.15) is 12.5 Å². The van der Waals surface area contributed by atoms with Gasteiger partial charge in [0.1, 0.15) is 18.0 Å². The Morgan fingerprint density at radius 2 is 1.77 bits per heavy atom. The zero-order valence-electron chi connectivity index (χ0n) is 18.2. The summed E-state index contributed by atoms with van der Waals surface area (Å²) in [5.74, 6) is 1.70. The van der Waals surface area contributed by atoms with Gasteiger partial charge in [-0.1, -0.05) is 24.3 Å².